The molecule has 12 heteroatoms. The molecule has 0 radical (unpaired) electrons. The Hall–Kier alpha value is -2.53. The molecule has 0 saturated carbocycles. The van der Waals surface area contributed by atoms with Crippen LogP contribution in [0.25, 0.3) is 0 Å². The standard InChI is InChI=1S/C23H17Cl3N4O3S2/c24-16-8-9-21(18(11-16)23(31)27-13-15-6-7-17(25)12-19(15)26)30(35(32)33)22-20(28-34-29-22)10-14-4-2-1-3-5-14/h1-9,11-12H,10,13H2,(H,27,31)(H,32,33). The van der Waals surface area contributed by atoms with E-state index in [4.69, 9.17) is 34.8 Å². The van der Waals surface area contributed by atoms with Crippen LogP contribution in [0.4, 0.5) is 11.5 Å². The number of halogens is 3. The van der Waals surface area contributed by atoms with E-state index in [1.54, 1.807) is 18.2 Å². The molecule has 180 valence electrons. The van der Waals surface area contributed by atoms with Gasteiger partial charge in [-0.15, -0.1) is 0 Å². The van der Waals surface area contributed by atoms with Crippen LogP contribution in [-0.4, -0.2) is 23.4 Å². The Kier molecular flexibility index (Phi) is 8.38. The maximum absolute atomic E-state index is 13.2. The Morgan fingerprint density at radius 2 is 1.71 bits per heavy atom. The van der Waals surface area contributed by atoms with Crippen LogP contribution in [0.15, 0.2) is 66.7 Å². The minimum absolute atomic E-state index is 0.0867. The van der Waals surface area contributed by atoms with E-state index in [9.17, 15) is 13.6 Å². The van der Waals surface area contributed by atoms with E-state index in [-0.39, 0.29) is 28.6 Å². The lowest BCUT2D eigenvalue weighted by molar-refractivity contribution is 0.0951. The molecule has 7 nitrogen and oxygen atoms in total. The van der Waals surface area contributed by atoms with Gasteiger partial charge < -0.3 is 5.32 Å². The average molecular weight is 568 g/mol. The van der Waals surface area contributed by atoms with Gasteiger partial charge in [0, 0.05) is 28.0 Å². The molecule has 0 aliphatic rings. The van der Waals surface area contributed by atoms with E-state index in [2.05, 4.69) is 14.1 Å². The van der Waals surface area contributed by atoms with Gasteiger partial charge in [0.25, 0.3) is 17.2 Å². The summed E-state index contributed by atoms with van der Waals surface area (Å²) < 4.78 is 32.3. The number of nitrogens with zero attached hydrogens (tertiary/aromatic N) is 3. The van der Waals surface area contributed by atoms with Crippen molar-refractivity contribution in [3.05, 3.63) is 104 Å². The zero-order valence-electron chi connectivity index (χ0n) is 17.8. The molecule has 4 aromatic rings. The van der Waals surface area contributed by atoms with Crippen molar-refractivity contribution in [2.75, 3.05) is 4.31 Å². The maximum atomic E-state index is 13.2. The Morgan fingerprint density at radius 3 is 2.43 bits per heavy atom. The van der Waals surface area contributed by atoms with E-state index in [1.165, 1.54) is 18.2 Å². The van der Waals surface area contributed by atoms with Gasteiger partial charge in [-0.1, -0.05) is 71.2 Å². The highest BCUT2D eigenvalue weighted by molar-refractivity contribution is 7.81. The Labute approximate surface area is 223 Å². The zero-order chi connectivity index (χ0) is 24.9. The normalized spacial score (nSPS) is 11.8. The number of hydrogen-bond donors (Lipinski definition) is 2. The first-order valence-electron chi connectivity index (χ1n) is 10.1. The molecule has 1 atom stereocenters. The van der Waals surface area contributed by atoms with Crippen LogP contribution in [0.3, 0.4) is 0 Å². The van der Waals surface area contributed by atoms with E-state index >= 15 is 0 Å². The van der Waals surface area contributed by atoms with Gasteiger partial charge >= 0.3 is 0 Å². The molecule has 0 spiro atoms. The molecule has 3 aromatic carbocycles. The van der Waals surface area contributed by atoms with E-state index in [0.717, 1.165) is 21.6 Å². The van der Waals surface area contributed by atoms with Gasteiger partial charge in [0.1, 0.15) is 5.69 Å². The highest BCUT2D eigenvalue weighted by Gasteiger charge is 2.27. The summed E-state index contributed by atoms with van der Waals surface area (Å²) in [4.78, 5) is 13.2. The first-order chi connectivity index (χ1) is 16.8. The van der Waals surface area contributed by atoms with Crippen LogP contribution in [0, 0.1) is 0 Å². The van der Waals surface area contributed by atoms with Gasteiger partial charge in [0.2, 0.25) is 0 Å². The molecule has 0 bridgehead atoms. The smallest absolute Gasteiger partial charge is 0.268 e. The molecule has 1 amide bonds. The van der Waals surface area contributed by atoms with Gasteiger partial charge in [-0.2, -0.15) is 8.75 Å². The highest BCUT2D eigenvalue weighted by atomic mass is 35.5. The van der Waals surface area contributed by atoms with Crippen LogP contribution in [0.1, 0.15) is 27.2 Å². The summed E-state index contributed by atoms with van der Waals surface area (Å²) >= 11 is 16.7. The van der Waals surface area contributed by atoms with Gasteiger partial charge in [-0.25, -0.2) is 8.51 Å². The summed E-state index contributed by atoms with van der Waals surface area (Å²) in [5.74, 6) is -0.339. The minimum atomic E-state index is -2.55. The number of hydrogen-bond acceptors (Lipinski definition) is 5. The number of nitrogens with one attached hydrogen (secondary N) is 1. The zero-order valence-corrected chi connectivity index (χ0v) is 21.7. The van der Waals surface area contributed by atoms with Gasteiger partial charge in [-0.05, 0) is 41.5 Å². The van der Waals surface area contributed by atoms with Gasteiger partial charge in [-0.3, -0.25) is 9.35 Å². The van der Waals surface area contributed by atoms with Crippen molar-refractivity contribution in [2.24, 2.45) is 0 Å². The number of carbonyl (C=O) groups excluding carboxylic acids is 1. The fourth-order valence-corrected chi connectivity index (χ4v) is 5.20. The Bertz CT molecular complexity index is 1390. The predicted molar refractivity (Wildman–Crippen MR) is 141 cm³/mol. The lowest BCUT2D eigenvalue weighted by Gasteiger charge is -2.21. The first-order valence-corrected chi connectivity index (χ1v) is 13.0. The quantitative estimate of drug-likeness (QED) is 0.244. The molecule has 2 N–H and O–H groups in total. The molecule has 1 heterocycles. The number of aromatic nitrogens is 2. The average Bonchev–Trinajstić information content (AvgIpc) is 3.27. The van der Waals surface area contributed by atoms with E-state index in [1.807, 2.05) is 30.3 Å². The summed E-state index contributed by atoms with van der Waals surface area (Å²) in [6, 6.07) is 18.9. The fourth-order valence-electron chi connectivity index (χ4n) is 3.33. The second-order valence-electron chi connectivity index (χ2n) is 7.30. The number of amides is 1. The highest BCUT2D eigenvalue weighted by Crippen LogP contribution is 2.34. The van der Waals surface area contributed by atoms with Gasteiger partial charge in [0.05, 0.1) is 23.0 Å². The Morgan fingerprint density at radius 1 is 1.00 bits per heavy atom. The lowest BCUT2D eigenvalue weighted by Crippen LogP contribution is -2.28. The van der Waals surface area contributed by atoms with Crippen molar-refractivity contribution in [3.8, 4) is 0 Å². The lowest BCUT2D eigenvalue weighted by atomic mass is 10.1. The molecular formula is C23H17Cl3N4O3S2. The van der Waals surface area contributed by atoms with Crippen molar-refractivity contribution in [2.45, 2.75) is 13.0 Å². The molecule has 4 rings (SSSR count). The molecule has 1 unspecified atom stereocenters. The van der Waals surface area contributed by atoms with Crippen LogP contribution >= 0.6 is 46.5 Å². The third kappa shape index (κ3) is 6.19. The third-order valence-corrected chi connectivity index (χ3v) is 7.04. The third-order valence-electron chi connectivity index (χ3n) is 4.98. The minimum Gasteiger partial charge on any atom is -0.348 e. The number of benzene rings is 3. The van der Waals surface area contributed by atoms with E-state index < -0.39 is 17.2 Å². The monoisotopic (exact) mass is 566 g/mol. The van der Waals surface area contributed by atoms with Crippen LogP contribution < -0.4 is 9.62 Å². The molecule has 0 aliphatic carbocycles. The molecule has 35 heavy (non-hydrogen) atoms. The van der Waals surface area contributed by atoms with Crippen LogP contribution in [0.5, 0.6) is 0 Å². The second kappa shape index (κ2) is 11.5. The van der Waals surface area contributed by atoms with Crippen LogP contribution in [0.2, 0.25) is 15.1 Å². The number of carbonyl (C=O) groups is 1. The topological polar surface area (TPSA) is 95.4 Å². The van der Waals surface area contributed by atoms with Crippen molar-refractivity contribution < 1.29 is 13.6 Å². The second-order valence-corrected chi connectivity index (χ2v) is 9.94. The summed E-state index contributed by atoms with van der Waals surface area (Å²) in [6.07, 6.45) is 0.393. The number of anilines is 2. The van der Waals surface area contributed by atoms with Gasteiger partial charge in [0.15, 0.2) is 5.82 Å². The summed E-state index contributed by atoms with van der Waals surface area (Å²) in [5, 5.41) is 3.94. The molecule has 1 aromatic heterocycles. The molecule has 0 saturated heterocycles. The molecule has 0 fully saturated rings. The SMILES string of the molecule is O=C(NCc1ccc(Cl)cc1Cl)c1cc(Cl)ccc1N(c1nsnc1Cc1ccccc1)S(=O)O. The predicted octanol–water partition coefficient (Wildman–Crippen LogP) is 6.29. The summed E-state index contributed by atoms with van der Waals surface area (Å²) in [5.41, 5.74) is 2.35. The van der Waals surface area contributed by atoms with Crippen LogP contribution in [-0.2, 0) is 24.2 Å². The maximum Gasteiger partial charge on any atom is 0.268 e. The van der Waals surface area contributed by atoms with E-state index in [0.29, 0.717) is 27.7 Å². The Balaban J connectivity index is 1.66. The summed E-state index contributed by atoms with van der Waals surface area (Å²) in [6.45, 7) is 0.112. The van der Waals surface area contributed by atoms with Crippen molar-refractivity contribution in [1.82, 2.24) is 14.1 Å². The first kappa shape index (κ1) is 25.6. The van der Waals surface area contributed by atoms with Crippen molar-refractivity contribution in [1.29, 1.82) is 0 Å². The van der Waals surface area contributed by atoms with Crippen molar-refractivity contribution in [3.63, 3.8) is 0 Å². The number of rotatable bonds is 8. The largest absolute Gasteiger partial charge is 0.348 e. The molecular weight excluding hydrogens is 551 g/mol. The summed E-state index contributed by atoms with van der Waals surface area (Å²) in [7, 11) is 0. The molecule has 0 aliphatic heterocycles. The van der Waals surface area contributed by atoms with Crippen molar-refractivity contribution >= 4 is 75.2 Å². The fraction of sp³-hybridized carbons (Fsp3) is 0.0870.